The fourth-order valence-corrected chi connectivity index (χ4v) is 2.66. The summed E-state index contributed by atoms with van der Waals surface area (Å²) in [5, 5.41) is -0.230. The normalized spacial score (nSPS) is 11.2. The van der Waals surface area contributed by atoms with Crippen molar-refractivity contribution < 1.29 is 27.0 Å². The zero-order chi connectivity index (χ0) is 17.4. The van der Waals surface area contributed by atoms with Crippen LogP contribution in [-0.4, -0.2) is 13.7 Å². The van der Waals surface area contributed by atoms with Gasteiger partial charge in [-0.15, -0.1) is 0 Å². The Morgan fingerprint density at radius 2 is 1.29 bits per heavy atom. The number of hydrogen-bond donors (Lipinski definition) is 0. The molecule has 3 aromatic carbocycles. The lowest BCUT2D eigenvalue weighted by Gasteiger charge is -2.13. The maximum Gasteiger partial charge on any atom is 0.201 e. The Morgan fingerprint density at radius 3 is 1.79 bits per heavy atom. The van der Waals surface area contributed by atoms with Crippen LogP contribution in [0, 0.1) is 23.3 Å². The summed E-state index contributed by atoms with van der Waals surface area (Å²) in [6.07, 6.45) is 0.621. The first kappa shape index (κ1) is 16.4. The number of halogens is 4. The van der Waals surface area contributed by atoms with Gasteiger partial charge in [-0.25, -0.2) is 8.78 Å². The first-order valence-electron chi connectivity index (χ1n) is 7.38. The molecule has 3 aromatic rings. The molecule has 0 fully saturated rings. The molecule has 0 saturated carbocycles. The Balaban J connectivity index is 2.39. The minimum atomic E-state index is -1.28. The highest BCUT2D eigenvalue weighted by molar-refractivity contribution is 6.09. The van der Waals surface area contributed by atoms with Crippen molar-refractivity contribution >= 4 is 21.5 Å². The van der Waals surface area contributed by atoms with E-state index in [1.165, 1.54) is 31.4 Å². The van der Waals surface area contributed by atoms with Gasteiger partial charge in [0.25, 0.3) is 0 Å². The largest absolute Gasteiger partial charge is 0.494 e. The fourth-order valence-electron chi connectivity index (χ4n) is 2.66. The van der Waals surface area contributed by atoms with Crippen molar-refractivity contribution in [3.8, 4) is 11.5 Å². The number of methoxy groups -OCH3 is 1. The fraction of sp³-hybridized carbons (Fsp3) is 0.222. The van der Waals surface area contributed by atoms with Gasteiger partial charge in [0.2, 0.25) is 11.6 Å². The summed E-state index contributed by atoms with van der Waals surface area (Å²) in [6.45, 7) is 2.05. The number of benzene rings is 3. The van der Waals surface area contributed by atoms with Crippen LogP contribution in [0.4, 0.5) is 17.6 Å². The SMILES string of the molecule is CCCOc1cc2ccc3cc(OC)c(F)c(F)c3c2c(F)c1F. The average Bonchev–Trinajstić information content (AvgIpc) is 2.59. The third-order valence-corrected chi connectivity index (χ3v) is 3.78. The molecule has 0 heterocycles. The molecular formula is C18H14F4O2. The lowest BCUT2D eigenvalue weighted by Crippen LogP contribution is -2.01. The smallest absolute Gasteiger partial charge is 0.201 e. The van der Waals surface area contributed by atoms with E-state index < -0.39 is 23.3 Å². The highest BCUT2D eigenvalue weighted by Gasteiger charge is 2.22. The molecule has 0 aliphatic rings. The van der Waals surface area contributed by atoms with Crippen LogP contribution in [0.25, 0.3) is 21.5 Å². The van der Waals surface area contributed by atoms with Gasteiger partial charge in [-0.1, -0.05) is 19.1 Å². The van der Waals surface area contributed by atoms with Gasteiger partial charge >= 0.3 is 0 Å². The van der Waals surface area contributed by atoms with E-state index in [9.17, 15) is 17.6 Å². The number of fused-ring (bicyclic) bond motifs is 3. The first-order valence-corrected chi connectivity index (χ1v) is 7.38. The number of ether oxygens (including phenoxy) is 2. The molecule has 0 amide bonds. The molecule has 0 aliphatic heterocycles. The summed E-state index contributed by atoms with van der Waals surface area (Å²) < 4.78 is 67.1. The molecule has 126 valence electrons. The Morgan fingerprint density at radius 1 is 0.792 bits per heavy atom. The molecule has 0 unspecified atom stereocenters. The molecular weight excluding hydrogens is 324 g/mol. The minimum absolute atomic E-state index is 0.207. The van der Waals surface area contributed by atoms with Crippen LogP contribution in [-0.2, 0) is 0 Å². The highest BCUT2D eigenvalue weighted by atomic mass is 19.2. The Bertz CT molecular complexity index is 938. The predicted molar refractivity (Wildman–Crippen MR) is 83.6 cm³/mol. The van der Waals surface area contributed by atoms with Gasteiger partial charge in [-0.05, 0) is 29.3 Å². The van der Waals surface area contributed by atoms with Crippen LogP contribution < -0.4 is 9.47 Å². The lowest BCUT2D eigenvalue weighted by molar-refractivity contribution is 0.296. The number of rotatable bonds is 4. The van der Waals surface area contributed by atoms with Crippen molar-refractivity contribution in [1.82, 2.24) is 0 Å². The van der Waals surface area contributed by atoms with E-state index in [4.69, 9.17) is 9.47 Å². The molecule has 6 heteroatoms. The van der Waals surface area contributed by atoms with Gasteiger partial charge in [0, 0.05) is 10.8 Å². The highest BCUT2D eigenvalue weighted by Crippen LogP contribution is 2.37. The molecule has 0 aromatic heterocycles. The molecule has 2 nitrogen and oxygen atoms in total. The lowest BCUT2D eigenvalue weighted by atomic mass is 10.00. The molecule has 24 heavy (non-hydrogen) atoms. The maximum atomic E-state index is 14.5. The van der Waals surface area contributed by atoms with E-state index in [2.05, 4.69) is 0 Å². The molecule has 0 atom stereocenters. The third-order valence-electron chi connectivity index (χ3n) is 3.78. The van der Waals surface area contributed by atoms with Crippen molar-refractivity contribution in [2.24, 2.45) is 0 Å². The molecule has 0 spiro atoms. The van der Waals surface area contributed by atoms with Crippen LogP contribution in [0.5, 0.6) is 11.5 Å². The second-order valence-corrected chi connectivity index (χ2v) is 5.32. The van der Waals surface area contributed by atoms with E-state index >= 15 is 0 Å². The molecule has 0 N–H and O–H groups in total. The number of hydrogen-bond acceptors (Lipinski definition) is 2. The molecule has 0 bridgehead atoms. The topological polar surface area (TPSA) is 18.5 Å². The zero-order valence-corrected chi connectivity index (χ0v) is 13.1. The second-order valence-electron chi connectivity index (χ2n) is 5.32. The standard InChI is InChI=1S/C18H14F4O2/c1-3-6-24-12-8-10-5-4-9-7-11(23-2)15(19)17(21)13(9)14(10)18(22)16(12)20/h4-5,7-8H,3,6H2,1-2H3. The van der Waals surface area contributed by atoms with Crippen molar-refractivity contribution in [1.29, 1.82) is 0 Å². The molecule has 3 rings (SSSR count). The van der Waals surface area contributed by atoms with E-state index in [0.717, 1.165) is 0 Å². The summed E-state index contributed by atoms with van der Waals surface area (Å²) >= 11 is 0. The van der Waals surface area contributed by atoms with Gasteiger partial charge in [0.15, 0.2) is 23.1 Å². The quantitative estimate of drug-likeness (QED) is 0.472. The van der Waals surface area contributed by atoms with E-state index in [1.807, 2.05) is 6.92 Å². The van der Waals surface area contributed by atoms with Gasteiger partial charge in [-0.2, -0.15) is 8.78 Å². The van der Waals surface area contributed by atoms with Crippen molar-refractivity contribution in [2.45, 2.75) is 13.3 Å². The predicted octanol–water partition coefficient (Wildman–Crippen LogP) is 5.35. The minimum Gasteiger partial charge on any atom is -0.494 e. The first-order chi connectivity index (χ1) is 11.5. The van der Waals surface area contributed by atoms with Crippen LogP contribution in [0.15, 0.2) is 24.3 Å². The van der Waals surface area contributed by atoms with Gasteiger partial charge in [0.1, 0.15) is 0 Å². The van der Waals surface area contributed by atoms with Crippen LogP contribution in [0.1, 0.15) is 13.3 Å². The van der Waals surface area contributed by atoms with E-state index in [1.54, 1.807) is 0 Å². The second kappa shape index (κ2) is 6.19. The van der Waals surface area contributed by atoms with Gasteiger partial charge in [0.05, 0.1) is 13.7 Å². The molecule has 0 saturated heterocycles. The van der Waals surface area contributed by atoms with Crippen LogP contribution >= 0.6 is 0 Å². The average molecular weight is 338 g/mol. The Labute approximate surface area is 135 Å². The summed E-state index contributed by atoms with van der Waals surface area (Å²) in [7, 11) is 1.20. The third kappa shape index (κ3) is 2.42. The summed E-state index contributed by atoms with van der Waals surface area (Å²) in [5.41, 5.74) is 0. The monoisotopic (exact) mass is 338 g/mol. The van der Waals surface area contributed by atoms with Crippen LogP contribution in [0.2, 0.25) is 0 Å². The summed E-state index contributed by atoms with van der Waals surface area (Å²) in [5.74, 6) is -5.58. The summed E-state index contributed by atoms with van der Waals surface area (Å²) in [4.78, 5) is 0. The Hall–Kier alpha value is -2.50. The molecule has 0 aliphatic carbocycles. The van der Waals surface area contributed by atoms with Gasteiger partial charge in [-0.3, -0.25) is 0 Å². The van der Waals surface area contributed by atoms with Crippen LogP contribution in [0.3, 0.4) is 0 Å². The van der Waals surface area contributed by atoms with Crippen molar-refractivity contribution in [2.75, 3.05) is 13.7 Å². The van der Waals surface area contributed by atoms with E-state index in [-0.39, 0.29) is 39.7 Å². The summed E-state index contributed by atoms with van der Waals surface area (Å²) in [6, 6.07) is 5.51. The zero-order valence-electron chi connectivity index (χ0n) is 13.1. The van der Waals surface area contributed by atoms with Crippen molar-refractivity contribution in [3.05, 3.63) is 47.5 Å². The molecule has 0 radical (unpaired) electrons. The maximum absolute atomic E-state index is 14.5. The Kier molecular flexibility index (Phi) is 4.22. The van der Waals surface area contributed by atoms with Gasteiger partial charge < -0.3 is 9.47 Å². The van der Waals surface area contributed by atoms with Crippen molar-refractivity contribution in [3.63, 3.8) is 0 Å². The van der Waals surface area contributed by atoms with E-state index in [0.29, 0.717) is 6.42 Å².